The van der Waals surface area contributed by atoms with E-state index in [0.29, 0.717) is 13.1 Å². The summed E-state index contributed by atoms with van der Waals surface area (Å²) in [7, 11) is 1.96. The van der Waals surface area contributed by atoms with Crippen LogP contribution in [0.15, 0.2) is 30.6 Å². The molecule has 2 amide bonds. The summed E-state index contributed by atoms with van der Waals surface area (Å²) in [5.41, 5.74) is 2.98. The highest BCUT2D eigenvalue weighted by molar-refractivity contribution is 5.89. The Morgan fingerprint density at radius 2 is 2.12 bits per heavy atom. The molecule has 0 fully saturated rings. The third kappa shape index (κ3) is 3.69. The quantitative estimate of drug-likeness (QED) is 0.858. The van der Waals surface area contributed by atoms with E-state index in [9.17, 15) is 4.79 Å². The summed E-state index contributed by atoms with van der Waals surface area (Å²) in [6.07, 6.45) is 4.77. The molecule has 0 bridgehead atoms. The van der Waals surface area contributed by atoms with Gasteiger partial charge in [0, 0.05) is 25.7 Å². The predicted molar refractivity (Wildman–Crippen MR) is 93.2 cm³/mol. The predicted octanol–water partition coefficient (Wildman–Crippen LogP) is 3.19. The molecule has 0 saturated carbocycles. The average molecular weight is 328 g/mol. The summed E-state index contributed by atoms with van der Waals surface area (Å²) < 4.78 is 7.62. The first-order valence-electron chi connectivity index (χ1n) is 8.45. The molecule has 0 unspecified atom stereocenters. The highest BCUT2D eigenvalue weighted by Gasteiger charge is 2.23. The second-order valence-electron chi connectivity index (χ2n) is 6.08. The number of carbonyl (C=O) groups is 1. The molecular weight excluding hydrogens is 304 g/mol. The molecule has 1 aliphatic rings. The molecule has 0 aliphatic carbocycles. The molecule has 1 N–H and O–H groups in total. The van der Waals surface area contributed by atoms with Crippen molar-refractivity contribution in [1.29, 1.82) is 0 Å². The lowest BCUT2D eigenvalue weighted by atomic mass is 10.1. The van der Waals surface area contributed by atoms with Gasteiger partial charge in [0.05, 0.1) is 30.9 Å². The van der Waals surface area contributed by atoms with Crippen LogP contribution in [0.5, 0.6) is 5.75 Å². The fourth-order valence-corrected chi connectivity index (χ4v) is 2.76. The van der Waals surface area contributed by atoms with E-state index in [1.54, 1.807) is 0 Å². The lowest BCUT2D eigenvalue weighted by Crippen LogP contribution is -2.39. The van der Waals surface area contributed by atoms with Gasteiger partial charge < -0.3 is 19.5 Å². The van der Waals surface area contributed by atoms with E-state index in [0.717, 1.165) is 48.7 Å². The standard InChI is InChI=1S/C18H24N4O2/c1-3-4-11-24-15-7-5-14(6-8-15)20-18(23)22-10-9-16-17(12-22)21(2)13-19-16/h5-8,13H,3-4,9-12H2,1-2H3,(H,20,23). The van der Waals surface area contributed by atoms with E-state index >= 15 is 0 Å². The number of imidazole rings is 1. The van der Waals surface area contributed by atoms with Gasteiger partial charge in [-0.25, -0.2) is 9.78 Å². The van der Waals surface area contributed by atoms with E-state index < -0.39 is 0 Å². The molecule has 0 spiro atoms. The van der Waals surface area contributed by atoms with E-state index in [2.05, 4.69) is 17.2 Å². The van der Waals surface area contributed by atoms with Crippen molar-refractivity contribution < 1.29 is 9.53 Å². The second kappa shape index (κ2) is 7.38. The maximum Gasteiger partial charge on any atom is 0.322 e. The Kier molecular flexibility index (Phi) is 5.03. The first kappa shape index (κ1) is 16.4. The minimum Gasteiger partial charge on any atom is -0.494 e. The number of benzene rings is 1. The first-order valence-corrected chi connectivity index (χ1v) is 8.45. The van der Waals surface area contributed by atoms with Gasteiger partial charge in [-0.2, -0.15) is 0 Å². The normalized spacial score (nSPS) is 13.5. The number of nitrogens with one attached hydrogen (secondary N) is 1. The molecule has 0 atom stereocenters. The number of amides is 2. The van der Waals surface area contributed by atoms with Crippen molar-refractivity contribution >= 4 is 11.7 Å². The zero-order valence-electron chi connectivity index (χ0n) is 14.3. The SMILES string of the molecule is CCCCOc1ccc(NC(=O)N2CCc3ncn(C)c3C2)cc1. The van der Waals surface area contributed by atoms with Crippen LogP contribution in [0.4, 0.5) is 10.5 Å². The number of aromatic nitrogens is 2. The lowest BCUT2D eigenvalue weighted by molar-refractivity contribution is 0.204. The largest absolute Gasteiger partial charge is 0.494 e. The van der Waals surface area contributed by atoms with Crippen LogP contribution in [0.2, 0.25) is 0 Å². The fraction of sp³-hybridized carbons (Fsp3) is 0.444. The van der Waals surface area contributed by atoms with Crippen molar-refractivity contribution in [3.05, 3.63) is 42.0 Å². The van der Waals surface area contributed by atoms with Gasteiger partial charge in [0.1, 0.15) is 5.75 Å². The average Bonchev–Trinajstić information content (AvgIpc) is 2.97. The summed E-state index contributed by atoms with van der Waals surface area (Å²) in [5, 5.41) is 2.95. The summed E-state index contributed by atoms with van der Waals surface area (Å²) in [4.78, 5) is 18.6. The monoisotopic (exact) mass is 328 g/mol. The summed E-state index contributed by atoms with van der Waals surface area (Å²) in [6, 6.07) is 7.44. The lowest BCUT2D eigenvalue weighted by Gasteiger charge is -2.27. The molecular formula is C18H24N4O2. The number of hydrogen-bond acceptors (Lipinski definition) is 3. The van der Waals surface area contributed by atoms with Gasteiger partial charge in [-0.05, 0) is 30.7 Å². The minimum atomic E-state index is -0.0819. The third-order valence-corrected chi connectivity index (χ3v) is 4.26. The maximum absolute atomic E-state index is 12.5. The van der Waals surface area contributed by atoms with E-state index in [-0.39, 0.29) is 6.03 Å². The van der Waals surface area contributed by atoms with Crippen molar-refractivity contribution in [2.45, 2.75) is 32.7 Å². The molecule has 6 nitrogen and oxygen atoms in total. The van der Waals surface area contributed by atoms with Crippen LogP contribution >= 0.6 is 0 Å². The van der Waals surface area contributed by atoms with Crippen LogP contribution in [-0.2, 0) is 20.0 Å². The number of rotatable bonds is 5. The molecule has 1 aliphatic heterocycles. The van der Waals surface area contributed by atoms with Gasteiger partial charge in [0.15, 0.2) is 0 Å². The Morgan fingerprint density at radius 1 is 1.33 bits per heavy atom. The van der Waals surface area contributed by atoms with Gasteiger partial charge >= 0.3 is 6.03 Å². The van der Waals surface area contributed by atoms with Crippen LogP contribution in [0.1, 0.15) is 31.2 Å². The van der Waals surface area contributed by atoms with Crippen molar-refractivity contribution in [3.63, 3.8) is 0 Å². The molecule has 0 saturated heterocycles. The molecule has 1 aromatic carbocycles. The smallest absolute Gasteiger partial charge is 0.322 e. The van der Waals surface area contributed by atoms with E-state index in [1.165, 1.54) is 0 Å². The Morgan fingerprint density at radius 3 is 2.88 bits per heavy atom. The highest BCUT2D eigenvalue weighted by atomic mass is 16.5. The molecule has 3 rings (SSSR count). The molecule has 128 valence electrons. The Bertz CT molecular complexity index is 694. The molecule has 24 heavy (non-hydrogen) atoms. The fourth-order valence-electron chi connectivity index (χ4n) is 2.76. The first-order chi connectivity index (χ1) is 11.7. The molecule has 2 aromatic rings. The second-order valence-corrected chi connectivity index (χ2v) is 6.08. The number of fused-ring (bicyclic) bond motifs is 1. The van der Waals surface area contributed by atoms with Crippen LogP contribution < -0.4 is 10.1 Å². The molecule has 0 radical (unpaired) electrons. The number of urea groups is 1. The Labute approximate surface area is 142 Å². The summed E-state index contributed by atoms with van der Waals surface area (Å²) >= 11 is 0. The van der Waals surface area contributed by atoms with Crippen LogP contribution in [0, 0.1) is 0 Å². The van der Waals surface area contributed by atoms with Crippen LogP contribution in [-0.4, -0.2) is 33.6 Å². The van der Waals surface area contributed by atoms with Crippen LogP contribution in [0.25, 0.3) is 0 Å². The van der Waals surface area contributed by atoms with Gasteiger partial charge in [-0.15, -0.1) is 0 Å². The third-order valence-electron chi connectivity index (χ3n) is 4.26. The molecule has 2 heterocycles. The Balaban J connectivity index is 1.56. The van der Waals surface area contributed by atoms with Gasteiger partial charge in [0.25, 0.3) is 0 Å². The molecule has 1 aromatic heterocycles. The van der Waals surface area contributed by atoms with Crippen molar-refractivity contribution in [1.82, 2.24) is 14.5 Å². The number of anilines is 1. The van der Waals surface area contributed by atoms with E-state index in [1.807, 2.05) is 47.1 Å². The van der Waals surface area contributed by atoms with Crippen molar-refractivity contribution in [3.8, 4) is 5.75 Å². The minimum absolute atomic E-state index is 0.0819. The van der Waals surface area contributed by atoms with Gasteiger partial charge in [0.2, 0.25) is 0 Å². The number of ether oxygens (including phenoxy) is 1. The summed E-state index contributed by atoms with van der Waals surface area (Å²) in [5.74, 6) is 0.832. The molecule has 6 heteroatoms. The van der Waals surface area contributed by atoms with Gasteiger partial charge in [-0.1, -0.05) is 13.3 Å². The number of aryl methyl sites for hydroxylation is 1. The van der Waals surface area contributed by atoms with Crippen molar-refractivity contribution in [2.24, 2.45) is 7.05 Å². The number of unbranched alkanes of at least 4 members (excludes halogenated alkanes) is 1. The highest BCUT2D eigenvalue weighted by Crippen LogP contribution is 2.20. The maximum atomic E-state index is 12.5. The zero-order chi connectivity index (χ0) is 16.9. The van der Waals surface area contributed by atoms with Crippen LogP contribution in [0.3, 0.4) is 0 Å². The topological polar surface area (TPSA) is 59.4 Å². The zero-order valence-corrected chi connectivity index (χ0v) is 14.3. The number of hydrogen-bond donors (Lipinski definition) is 1. The number of nitrogens with zero attached hydrogens (tertiary/aromatic N) is 3. The number of carbonyl (C=O) groups excluding carboxylic acids is 1. The van der Waals surface area contributed by atoms with Gasteiger partial charge in [-0.3, -0.25) is 0 Å². The van der Waals surface area contributed by atoms with Crippen molar-refractivity contribution in [2.75, 3.05) is 18.5 Å². The Hall–Kier alpha value is -2.50. The summed E-state index contributed by atoms with van der Waals surface area (Å²) in [6.45, 7) is 4.14. The van der Waals surface area contributed by atoms with E-state index in [4.69, 9.17) is 4.74 Å².